The predicted molar refractivity (Wildman–Crippen MR) is 83.3 cm³/mol. The summed E-state index contributed by atoms with van der Waals surface area (Å²) in [6, 6.07) is 0.544. The number of hydrogen-bond acceptors (Lipinski definition) is 4. The van der Waals surface area contributed by atoms with Gasteiger partial charge in [-0.05, 0) is 37.2 Å². The van der Waals surface area contributed by atoms with Crippen molar-refractivity contribution < 1.29 is 0 Å². The maximum absolute atomic E-state index is 4.61. The molecule has 2 atom stereocenters. The second-order valence-electron chi connectivity index (χ2n) is 5.98. The van der Waals surface area contributed by atoms with Crippen LogP contribution < -0.4 is 5.32 Å². The Hall–Kier alpha value is 0.170. The number of nitrogens with zero attached hydrogens (tertiary/aromatic N) is 1. The van der Waals surface area contributed by atoms with Crippen LogP contribution in [-0.4, -0.2) is 35.0 Å². The summed E-state index contributed by atoms with van der Waals surface area (Å²) in [5.74, 6) is 1.22. The zero-order valence-corrected chi connectivity index (χ0v) is 13.4. The van der Waals surface area contributed by atoms with Gasteiger partial charge >= 0.3 is 0 Å². The highest BCUT2D eigenvalue weighted by Gasteiger charge is 2.25. The van der Waals surface area contributed by atoms with Gasteiger partial charge in [0.25, 0.3) is 0 Å². The lowest BCUT2D eigenvalue weighted by molar-refractivity contribution is 0.375. The molecular weight excluding hydrogens is 248 g/mol. The van der Waals surface area contributed by atoms with Gasteiger partial charge in [0.15, 0.2) is 5.17 Å². The Balaban J connectivity index is 2.25. The van der Waals surface area contributed by atoms with E-state index in [4.69, 9.17) is 0 Å². The zero-order chi connectivity index (χ0) is 12.9. The summed E-state index contributed by atoms with van der Waals surface area (Å²) in [5.41, 5.74) is 0.410. The minimum atomic E-state index is 0.410. The van der Waals surface area contributed by atoms with Gasteiger partial charge in [0.1, 0.15) is 0 Å². The molecule has 2 unspecified atom stereocenters. The third kappa shape index (κ3) is 6.61. The van der Waals surface area contributed by atoms with Crippen molar-refractivity contribution in [3.63, 3.8) is 0 Å². The van der Waals surface area contributed by atoms with Crippen LogP contribution in [0.2, 0.25) is 0 Å². The van der Waals surface area contributed by atoms with Crippen molar-refractivity contribution in [3.8, 4) is 0 Å². The van der Waals surface area contributed by atoms with E-state index in [0.29, 0.717) is 16.7 Å². The Morgan fingerprint density at radius 1 is 1.53 bits per heavy atom. The van der Waals surface area contributed by atoms with E-state index < -0.39 is 0 Å². The van der Waals surface area contributed by atoms with Gasteiger partial charge in [0.2, 0.25) is 0 Å². The highest BCUT2D eigenvalue weighted by Crippen LogP contribution is 2.31. The van der Waals surface area contributed by atoms with Gasteiger partial charge in [-0.15, -0.1) is 0 Å². The van der Waals surface area contributed by atoms with Crippen molar-refractivity contribution in [2.75, 3.05) is 18.6 Å². The van der Waals surface area contributed by atoms with Gasteiger partial charge in [-0.25, -0.2) is 0 Å². The summed E-state index contributed by atoms with van der Waals surface area (Å²) in [7, 11) is 0. The minimum Gasteiger partial charge on any atom is -0.362 e. The summed E-state index contributed by atoms with van der Waals surface area (Å²) in [4.78, 5) is 4.61. The van der Waals surface area contributed by atoms with Crippen LogP contribution in [0.3, 0.4) is 0 Å². The largest absolute Gasteiger partial charge is 0.362 e. The average Bonchev–Trinajstić information content (AvgIpc) is 2.59. The Morgan fingerprint density at radius 3 is 2.82 bits per heavy atom. The zero-order valence-electron chi connectivity index (χ0n) is 11.7. The molecule has 1 heterocycles. The van der Waals surface area contributed by atoms with E-state index in [1.807, 2.05) is 23.5 Å². The summed E-state index contributed by atoms with van der Waals surface area (Å²) in [6.45, 7) is 10.1. The topological polar surface area (TPSA) is 24.4 Å². The molecule has 0 bridgehead atoms. The van der Waals surface area contributed by atoms with Crippen LogP contribution >= 0.6 is 23.5 Å². The maximum Gasteiger partial charge on any atom is 0.157 e. The van der Waals surface area contributed by atoms with Crippen LogP contribution in [0.25, 0.3) is 0 Å². The molecule has 0 aromatic rings. The van der Waals surface area contributed by atoms with Gasteiger partial charge in [-0.3, -0.25) is 4.99 Å². The van der Waals surface area contributed by atoms with Crippen LogP contribution in [-0.2, 0) is 0 Å². The minimum absolute atomic E-state index is 0.410. The van der Waals surface area contributed by atoms with Crippen molar-refractivity contribution in [1.82, 2.24) is 5.32 Å². The Morgan fingerprint density at radius 2 is 2.24 bits per heavy atom. The molecule has 0 saturated heterocycles. The van der Waals surface area contributed by atoms with Crippen molar-refractivity contribution in [2.45, 2.75) is 51.8 Å². The van der Waals surface area contributed by atoms with E-state index >= 15 is 0 Å². The fourth-order valence-corrected chi connectivity index (χ4v) is 3.92. The summed E-state index contributed by atoms with van der Waals surface area (Å²) >= 11 is 3.84. The first kappa shape index (κ1) is 15.2. The number of thioether (sulfide) groups is 2. The molecule has 0 amide bonds. The standard InChI is InChI=1S/C13H26N2S2/c1-10(6-7-16-5)15-12-14-9-11(17-12)8-13(2,3)4/h10-11H,6-9H2,1-5H3,(H,14,15). The molecule has 1 aliphatic heterocycles. The lowest BCUT2D eigenvalue weighted by Crippen LogP contribution is -2.30. The van der Waals surface area contributed by atoms with E-state index in [2.05, 4.69) is 44.3 Å². The third-order valence-electron chi connectivity index (χ3n) is 2.68. The SMILES string of the molecule is CSCCC(C)NC1=NCC(CC(C)(C)C)S1. The fourth-order valence-electron chi connectivity index (χ4n) is 1.86. The van der Waals surface area contributed by atoms with E-state index in [9.17, 15) is 0 Å². The van der Waals surface area contributed by atoms with Crippen molar-refractivity contribution in [1.29, 1.82) is 0 Å². The molecule has 0 spiro atoms. The second kappa shape index (κ2) is 6.93. The molecule has 1 N–H and O–H groups in total. The molecular formula is C13H26N2S2. The number of aliphatic imine (C=N–C) groups is 1. The van der Waals surface area contributed by atoms with Crippen molar-refractivity contribution >= 4 is 28.7 Å². The van der Waals surface area contributed by atoms with Crippen LogP contribution in [0.4, 0.5) is 0 Å². The second-order valence-corrected chi connectivity index (χ2v) is 8.25. The molecule has 2 nitrogen and oxygen atoms in total. The summed E-state index contributed by atoms with van der Waals surface area (Å²) in [5, 5.41) is 5.36. The number of nitrogens with one attached hydrogen (secondary N) is 1. The number of amidine groups is 1. The Labute approximate surface area is 115 Å². The van der Waals surface area contributed by atoms with Gasteiger partial charge in [-0.2, -0.15) is 11.8 Å². The lowest BCUT2D eigenvalue weighted by atomic mass is 9.90. The molecule has 0 aliphatic carbocycles. The van der Waals surface area contributed by atoms with E-state index in [1.54, 1.807) is 0 Å². The van der Waals surface area contributed by atoms with E-state index in [1.165, 1.54) is 18.6 Å². The molecule has 0 radical (unpaired) electrons. The third-order valence-corrected chi connectivity index (χ3v) is 4.44. The first-order valence-corrected chi connectivity index (χ1v) is 8.64. The summed E-state index contributed by atoms with van der Waals surface area (Å²) in [6.07, 6.45) is 4.62. The predicted octanol–water partition coefficient (Wildman–Crippen LogP) is 3.63. The van der Waals surface area contributed by atoms with Crippen LogP contribution in [0.5, 0.6) is 0 Å². The average molecular weight is 274 g/mol. The summed E-state index contributed by atoms with van der Waals surface area (Å²) < 4.78 is 0. The molecule has 0 fully saturated rings. The number of rotatable bonds is 5. The lowest BCUT2D eigenvalue weighted by Gasteiger charge is -2.22. The first-order valence-electron chi connectivity index (χ1n) is 6.37. The fraction of sp³-hybridized carbons (Fsp3) is 0.923. The molecule has 1 aliphatic rings. The quantitative estimate of drug-likeness (QED) is 0.828. The van der Waals surface area contributed by atoms with E-state index in [-0.39, 0.29) is 0 Å². The van der Waals surface area contributed by atoms with E-state index in [0.717, 1.165) is 11.7 Å². The Bertz CT molecular complexity index is 259. The monoisotopic (exact) mass is 274 g/mol. The highest BCUT2D eigenvalue weighted by atomic mass is 32.2. The number of hydrogen-bond donors (Lipinski definition) is 1. The molecule has 1 rings (SSSR count). The maximum atomic E-state index is 4.61. The van der Waals surface area contributed by atoms with Crippen molar-refractivity contribution in [3.05, 3.63) is 0 Å². The van der Waals surface area contributed by atoms with Crippen LogP contribution in [0.15, 0.2) is 4.99 Å². The first-order chi connectivity index (χ1) is 7.90. The van der Waals surface area contributed by atoms with Gasteiger partial charge in [0.05, 0.1) is 6.54 Å². The van der Waals surface area contributed by atoms with Crippen molar-refractivity contribution in [2.24, 2.45) is 10.4 Å². The van der Waals surface area contributed by atoms with Gasteiger partial charge in [-0.1, -0.05) is 32.5 Å². The molecule has 0 aromatic carbocycles. The Kier molecular flexibility index (Phi) is 6.21. The molecule has 0 saturated carbocycles. The van der Waals surface area contributed by atoms with Gasteiger partial charge < -0.3 is 5.32 Å². The van der Waals surface area contributed by atoms with Crippen LogP contribution in [0.1, 0.15) is 40.5 Å². The van der Waals surface area contributed by atoms with Gasteiger partial charge in [0, 0.05) is 11.3 Å². The highest BCUT2D eigenvalue weighted by molar-refractivity contribution is 8.14. The molecule has 100 valence electrons. The molecule has 4 heteroatoms. The molecule has 17 heavy (non-hydrogen) atoms. The normalized spacial score (nSPS) is 22.4. The van der Waals surface area contributed by atoms with Crippen LogP contribution in [0, 0.1) is 5.41 Å². The smallest absolute Gasteiger partial charge is 0.157 e. The molecule has 0 aromatic heterocycles.